The average Bonchev–Trinajstić information content (AvgIpc) is 2.95. The third kappa shape index (κ3) is 5.00. The number of halogens is 4. The molecule has 0 aliphatic carbocycles. The summed E-state index contributed by atoms with van der Waals surface area (Å²) in [5.41, 5.74) is 3.96. The topological polar surface area (TPSA) is 44.4 Å². The van der Waals surface area contributed by atoms with Crippen molar-refractivity contribution in [3.8, 4) is 0 Å². The number of hydrazine groups is 1. The maximum atomic E-state index is 12.6. The number of benzene rings is 2. The molecule has 27 heavy (non-hydrogen) atoms. The summed E-state index contributed by atoms with van der Waals surface area (Å²) >= 11 is 5.92. The molecule has 0 saturated carbocycles. The number of carbonyl (C=O) groups is 1. The zero-order chi connectivity index (χ0) is 19.6. The summed E-state index contributed by atoms with van der Waals surface area (Å²) in [6.45, 7) is 2.85. The minimum absolute atomic E-state index is 0.0705. The van der Waals surface area contributed by atoms with Gasteiger partial charge in [-0.2, -0.15) is 13.2 Å². The monoisotopic (exact) mass is 397 g/mol. The Morgan fingerprint density at radius 2 is 1.81 bits per heavy atom. The lowest BCUT2D eigenvalue weighted by molar-refractivity contribution is -0.137. The highest BCUT2D eigenvalue weighted by Crippen LogP contribution is 2.30. The second kappa shape index (κ2) is 7.88. The van der Waals surface area contributed by atoms with Crippen LogP contribution in [-0.2, 0) is 11.0 Å². The van der Waals surface area contributed by atoms with Gasteiger partial charge in [-0.1, -0.05) is 30.7 Å². The zero-order valence-corrected chi connectivity index (χ0v) is 15.3. The normalized spacial score (nSPS) is 20.6. The maximum absolute atomic E-state index is 12.6. The first-order valence-electron chi connectivity index (χ1n) is 8.46. The van der Waals surface area contributed by atoms with Gasteiger partial charge in [0.25, 0.3) is 0 Å². The molecule has 2 N–H and O–H groups in total. The molecule has 0 bridgehead atoms. The standard InChI is InChI=1S/C19H19ClF3N3O/c1-12-10-26(25-18(12)13-2-6-15(20)7-3-13)11-17(27)24-16-8-4-14(5-9-16)19(21,22)23/h2-9,12,18,25H,10-11H2,1H3,(H,24,27)/t12-,18+/m0/s1. The molecule has 0 unspecified atom stereocenters. The fraction of sp³-hybridized carbons (Fsp3) is 0.316. The molecular formula is C19H19ClF3N3O. The number of alkyl halides is 3. The minimum atomic E-state index is -4.39. The lowest BCUT2D eigenvalue weighted by atomic mass is 9.97. The van der Waals surface area contributed by atoms with E-state index < -0.39 is 11.7 Å². The molecule has 8 heteroatoms. The molecule has 3 rings (SSSR count). The molecule has 0 aromatic heterocycles. The first-order chi connectivity index (χ1) is 12.7. The predicted octanol–water partition coefficient (Wildman–Crippen LogP) is 4.49. The van der Waals surface area contributed by atoms with Gasteiger partial charge in [-0.3, -0.25) is 4.79 Å². The Bertz CT molecular complexity index is 793. The number of nitrogens with one attached hydrogen (secondary N) is 2. The Hall–Kier alpha value is -2.09. The number of nitrogens with zero attached hydrogens (tertiary/aromatic N) is 1. The van der Waals surface area contributed by atoms with Crippen molar-refractivity contribution in [2.24, 2.45) is 5.92 Å². The van der Waals surface area contributed by atoms with E-state index in [9.17, 15) is 18.0 Å². The number of carbonyl (C=O) groups excluding carboxylic acids is 1. The summed E-state index contributed by atoms with van der Waals surface area (Å²) in [5, 5.41) is 5.09. The summed E-state index contributed by atoms with van der Waals surface area (Å²) in [5.74, 6) is -0.0174. The van der Waals surface area contributed by atoms with Crippen molar-refractivity contribution in [2.75, 3.05) is 18.4 Å². The number of amides is 1. The fourth-order valence-corrected chi connectivity index (χ4v) is 3.26. The summed E-state index contributed by atoms with van der Waals surface area (Å²) in [4.78, 5) is 12.2. The Morgan fingerprint density at radius 1 is 1.19 bits per heavy atom. The van der Waals surface area contributed by atoms with Crippen molar-refractivity contribution in [1.29, 1.82) is 0 Å². The molecule has 1 heterocycles. The number of hydrogen-bond acceptors (Lipinski definition) is 3. The first-order valence-corrected chi connectivity index (χ1v) is 8.84. The molecule has 0 radical (unpaired) electrons. The molecule has 1 fully saturated rings. The summed E-state index contributed by atoms with van der Waals surface area (Å²) < 4.78 is 37.7. The summed E-state index contributed by atoms with van der Waals surface area (Å²) in [6, 6.07) is 12.0. The van der Waals surface area contributed by atoms with Gasteiger partial charge in [0.1, 0.15) is 0 Å². The van der Waals surface area contributed by atoms with Gasteiger partial charge < -0.3 is 5.32 Å². The Balaban J connectivity index is 1.56. The lowest BCUT2D eigenvalue weighted by Gasteiger charge is -2.18. The van der Waals surface area contributed by atoms with Crippen molar-refractivity contribution >= 4 is 23.2 Å². The van der Waals surface area contributed by atoms with Crippen LogP contribution in [0.3, 0.4) is 0 Å². The van der Waals surface area contributed by atoms with Crippen LogP contribution < -0.4 is 10.7 Å². The summed E-state index contributed by atoms with van der Waals surface area (Å²) in [7, 11) is 0. The second-order valence-electron chi connectivity index (χ2n) is 6.64. The van der Waals surface area contributed by atoms with E-state index in [-0.39, 0.29) is 24.4 Å². The van der Waals surface area contributed by atoms with E-state index in [2.05, 4.69) is 17.7 Å². The van der Waals surface area contributed by atoms with Gasteiger partial charge in [-0.15, -0.1) is 0 Å². The SMILES string of the molecule is C[C@H]1CN(CC(=O)Nc2ccc(C(F)(F)F)cc2)N[C@H]1c1ccc(Cl)cc1. The van der Waals surface area contributed by atoms with Crippen molar-refractivity contribution in [3.05, 3.63) is 64.7 Å². The minimum Gasteiger partial charge on any atom is -0.325 e. The van der Waals surface area contributed by atoms with Crippen LogP contribution in [0, 0.1) is 5.92 Å². The van der Waals surface area contributed by atoms with Crippen LogP contribution in [0.2, 0.25) is 5.02 Å². The van der Waals surface area contributed by atoms with Crippen molar-refractivity contribution in [2.45, 2.75) is 19.1 Å². The average molecular weight is 398 g/mol. The lowest BCUT2D eigenvalue weighted by Crippen LogP contribution is -2.38. The van der Waals surface area contributed by atoms with Crippen LogP contribution in [0.25, 0.3) is 0 Å². The predicted molar refractivity (Wildman–Crippen MR) is 98.1 cm³/mol. The smallest absolute Gasteiger partial charge is 0.325 e. The number of anilines is 1. The van der Waals surface area contributed by atoms with Crippen LogP contribution in [-0.4, -0.2) is 24.0 Å². The van der Waals surface area contributed by atoms with Gasteiger partial charge in [0.2, 0.25) is 5.91 Å². The van der Waals surface area contributed by atoms with E-state index in [0.717, 1.165) is 17.7 Å². The highest BCUT2D eigenvalue weighted by atomic mass is 35.5. The Labute approximate surface area is 160 Å². The van der Waals surface area contributed by atoms with Crippen LogP contribution >= 0.6 is 11.6 Å². The molecule has 4 nitrogen and oxygen atoms in total. The first kappa shape index (κ1) is 19.7. The molecule has 144 valence electrons. The van der Waals surface area contributed by atoms with Gasteiger partial charge in [0.15, 0.2) is 0 Å². The van der Waals surface area contributed by atoms with E-state index >= 15 is 0 Å². The van der Waals surface area contributed by atoms with Gasteiger partial charge in [0, 0.05) is 17.3 Å². The van der Waals surface area contributed by atoms with Gasteiger partial charge in [-0.25, -0.2) is 10.4 Å². The van der Waals surface area contributed by atoms with Crippen LogP contribution in [0.15, 0.2) is 48.5 Å². The van der Waals surface area contributed by atoms with Crippen LogP contribution in [0.4, 0.5) is 18.9 Å². The van der Waals surface area contributed by atoms with E-state index in [4.69, 9.17) is 11.6 Å². The molecule has 2 aromatic rings. The fourth-order valence-electron chi connectivity index (χ4n) is 3.13. The third-order valence-corrected chi connectivity index (χ3v) is 4.71. The largest absolute Gasteiger partial charge is 0.416 e. The molecule has 2 atom stereocenters. The van der Waals surface area contributed by atoms with Crippen LogP contribution in [0.1, 0.15) is 24.1 Å². The quantitative estimate of drug-likeness (QED) is 0.798. The third-order valence-electron chi connectivity index (χ3n) is 4.46. The van der Waals surface area contributed by atoms with Gasteiger partial charge in [0.05, 0.1) is 18.2 Å². The van der Waals surface area contributed by atoms with E-state index in [0.29, 0.717) is 17.3 Å². The maximum Gasteiger partial charge on any atom is 0.416 e. The van der Waals surface area contributed by atoms with E-state index in [1.54, 1.807) is 0 Å². The molecule has 2 aromatic carbocycles. The number of hydrogen-bond donors (Lipinski definition) is 2. The van der Waals surface area contributed by atoms with Gasteiger partial charge in [-0.05, 0) is 47.9 Å². The number of rotatable bonds is 4. The van der Waals surface area contributed by atoms with Gasteiger partial charge >= 0.3 is 6.18 Å². The van der Waals surface area contributed by atoms with Crippen molar-refractivity contribution < 1.29 is 18.0 Å². The molecule has 0 spiro atoms. The molecule has 1 aliphatic heterocycles. The highest BCUT2D eigenvalue weighted by molar-refractivity contribution is 6.30. The van der Waals surface area contributed by atoms with Crippen molar-refractivity contribution in [3.63, 3.8) is 0 Å². The Kier molecular flexibility index (Phi) is 5.74. The van der Waals surface area contributed by atoms with E-state index in [1.807, 2.05) is 29.3 Å². The van der Waals surface area contributed by atoms with E-state index in [1.165, 1.54) is 12.1 Å². The zero-order valence-electron chi connectivity index (χ0n) is 14.6. The molecule has 1 aliphatic rings. The van der Waals surface area contributed by atoms with Crippen molar-refractivity contribution in [1.82, 2.24) is 10.4 Å². The van der Waals surface area contributed by atoms with Crippen LogP contribution in [0.5, 0.6) is 0 Å². The Morgan fingerprint density at radius 3 is 2.41 bits per heavy atom. The second-order valence-corrected chi connectivity index (χ2v) is 7.08. The highest BCUT2D eigenvalue weighted by Gasteiger charge is 2.32. The molecule has 1 amide bonds. The molecule has 1 saturated heterocycles. The molecular weight excluding hydrogens is 379 g/mol. The summed E-state index contributed by atoms with van der Waals surface area (Å²) in [6.07, 6.45) is -4.39.